The van der Waals surface area contributed by atoms with E-state index in [0.29, 0.717) is 76.0 Å². The standard InChI is InChI=1S/C45H60F2N6O4Si/c1-29(2)58(30(3)4,31(5)6)21-12-34-37(46)11-10-32-22-33(57-28-55-8)23-35(38(32)34)40-39(47)41-36(24-49-40)42(53-18-9-13-44(7,54)25-53)51-43(50-41)56-27-45(14-15-45)26-52-19-16-48-17-20-52/h10-11,22-24,29-31,48,54H,9,13-20,25-28H2,1-8H3/t44-/m1/s1. The van der Waals surface area contributed by atoms with Crippen molar-refractivity contribution in [1.29, 1.82) is 0 Å². The largest absolute Gasteiger partial charge is 0.468 e. The zero-order valence-electron chi connectivity index (χ0n) is 35.5. The summed E-state index contributed by atoms with van der Waals surface area (Å²) in [5, 5.41) is 16.0. The molecule has 1 atom stereocenters. The number of nitrogens with zero attached hydrogens (tertiary/aromatic N) is 5. The molecule has 4 heterocycles. The molecule has 0 spiro atoms. The number of rotatable bonds is 13. The molecule has 10 nitrogen and oxygen atoms in total. The smallest absolute Gasteiger partial charge is 0.319 e. The van der Waals surface area contributed by atoms with Crippen molar-refractivity contribution in [3.63, 3.8) is 0 Å². The van der Waals surface area contributed by atoms with Crippen LogP contribution in [0.15, 0.2) is 30.5 Å². The van der Waals surface area contributed by atoms with Gasteiger partial charge in [-0.15, -0.1) is 5.54 Å². The Morgan fingerprint density at radius 1 is 0.966 bits per heavy atom. The molecule has 2 aromatic carbocycles. The molecule has 0 radical (unpaired) electrons. The number of piperidine rings is 1. The Morgan fingerprint density at radius 2 is 1.69 bits per heavy atom. The van der Waals surface area contributed by atoms with Crippen LogP contribution in [0, 0.1) is 28.5 Å². The van der Waals surface area contributed by atoms with Crippen LogP contribution in [0.4, 0.5) is 14.6 Å². The highest BCUT2D eigenvalue weighted by Crippen LogP contribution is 2.47. The van der Waals surface area contributed by atoms with Gasteiger partial charge in [0.05, 0.1) is 23.2 Å². The van der Waals surface area contributed by atoms with Crippen molar-refractivity contribution in [3.05, 3.63) is 47.7 Å². The monoisotopic (exact) mass is 814 g/mol. The van der Waals surface area contributed by atoms with Gasteiger partial charge in [0.25, 0.3) is 0 Å². The van der Waals surface area contributed by atoms with Gasteiger partial charge in [-0.3, -0.25) is 4.98 Å². The second-order valence-corrected chi connectivity index (χ2v) is 23.6. The topological polar surface area (TPSA) is 105 Å². The van der Waals surface area contributed by atoms with E-state index in [4.69, 9.17) is 29.2 Å². The third kappa shape index (κ3) is 8.54. The number of aromatic nitrogens is 3. The number of pyridine rings is 1. The lowest BCUT2D eigenvalue weighted by atomic mass is 9.94. The van der Waals surface area contributed by atoms with E-state index in [9.17, 15) is 5.11 Å². The predicted octanol–water partition coefficient (Wildman–Crippen LogP) is 8.09. The summed E-state index contributed by atoms with van der Waals surface area (Å²) in [7, 11) is -0.754. The zero-order chi connectivity index (χ0) is 41.4. The number of anilines is 1. The van der Waals surface area contributed by atoms with E-state index in [0.717, 1.165) is 52.0 Å². The molecule has 1 saturated carbocycles. The minimum Gasteiger partial charge on any atom is -0.468 e. The quantitative estimate of drug-likeness (QED) is 0.0782. The van der Waals surface area contributed by atoms with Gasteiger partial charge in [0.1, 0.15) is 36.7 Å². The molecule has 2 aliphatic heterocycles. The van der Waals surface area contributed by atoms with Crippen LogP contribution < -0.4 is 19.7 Å². The molecule has 1 aliphatic carbocycles. The molecule has 3 fully saturated rings. The molecule has 2 aromatic heterocycles. The highest BCUT2D eigenvalue weighted by atomic mass is 28.3. The summed E-state index contributed by atoms with van der Waals surface area (Å²) < 4.78 is 51.4. The Balaban J connectivity index is 1.39. The van der Waals surface area contributed by atoms with Crippen molar-refractivity contribution in [2.75, 3.05) is 71.2 Å². The van der Waals surface area contributed by atoms with Crippen LogP contribution in [0.1, 0.15) is 79.7 Å². The number of piperazine rings is 1. The maximum atomic E-state index is 17.6. The Kier molecular flexibility index (Phi) is 12.3. The molecule has 2 N–H and O–H groups in total. The number of nitrogens with one attached hydrogen (secondary N) is 1. The van der Waals surface area contributed by atoms with Crippen molar-refractivity contribution in [1.82, 2.24) is 25.2 Å². The molecule has 4 aromatic rings. The zero-order valence-corrected chi connectivity index (χ0v) is 36.5. The van der Waals surface area contributed by atoms with Gasteiger partial charge in [0.2, 0.25) is 0 Å². The van der Waals surface area contributed by atoms with Gasteiger partial charge in [-0.1, -0.05) is 53.5 Å². The fourth-order valence-electron chi connectivity index (χ4n) is 9.54. The first-order chi connectivity index (χ1) is 27.7. The number of ether oxygens (including phenoxy) is 3. The summed E-state index contributed by atoms with van der Waals surface area (Å²) in [6.07, 6.45) is 5.05. The van der Waals surface area contributed by atoms with Gasteiger partial charge in [-0.05, 0) is 72.8 Å². The average Bonchev–Trinajstić information content (AvgIpc) is 3.95. The van der Waals surface area contributed by atoms with Gasteiger partial charge < -0.3 is 34.4 Å². The average molecular weight is 815 g/mol. The summed E-state index contributed by atoms with van der Waals surface area (Å²) >= 11 is 0. The molecule has 2 saturated heterocycles. The van der Waals surface area contributed by atoms with Crippen LogP contribution in [0.3, 0.4) is 0 Å². The second kappa shape index (κ2) is 17.0. The minimum atomic E-state index is -2.28. The van der Waals surface area contributed by atoms with E-state index in [1.807, 2.05) is 11.8 Å². The Hall–Kier alpha value is -3.93. The highest BCUT2D eigenvalue weighted by molar-refractivity contribution is 6.90. The molecule has 58 heavy (non-hydrogen) atoms. The van der Waals surface area contributed by atoms with Crippen molar-refractivity contribution in [2.24, 2.45) is 5.41 Å². The van der Waals surface area contributed by atoms with E-state index in [2.05, 4.69) is 63.2 Å². The van der Waals surface area contributed by atoms with Crippen LogP contribution in [-0.2, 0) is 4.74 Å². The molecular formula is C45H60F2N6O4Si. The number of fused-ring (bicyclic) bond motifs is 2. The lowest BCUT2D eigenvalue weighted by molar-refractivity contribution is 0.0447. The summed E-state index contributed by atoms with van der Waals surface area (Å²) in [5.41, 5.74) is 4.26. The lowest BCUT2D eigenvalue weighted by Gasteiger charge is -2.38. The molecule has 312 valence electrons. The first-order valence-electron chi connectivity index (χ1n) is 21.0. The molecule has 0 bridgehead atoms. The van der Waals surface area contributed by atoms with Crippen LogP contribution in [0.25, 0.3) is 32.9 Å². The van der Waals surface area contributed by atoms with Crippen molar-refractivity contribution in [2.45, 2.75) is 96.4 Å². The Morgan fingerprint density at radius 3 is 2.34 bits per heavy atom. The van der Waals surface area contributed by atoms with Gasteiger partial charge in [0, 0.05) is 75.5 Å². The molecule has 0 amide bonds. The minimum absolute atomic E-state index is 0.00319. The van der Waals surface area contributed by atoms with Crippen molar-refractivity contribution >= 4 is 35.6 Å². The number of halogens is 2. The van der Waals surface area contributed by atoms with Gasteiger partial charge in [0.15, 0.2) is 12.6 Å². The van der Waals surface area contributed by atoms with E-state index in [1.165, 1.54) is 13.2 Å². The summed E-state index contributed by atoms with van der Waals surface area (Å²) in [6.45, 7) is 21.3. The number of aliphatic hydroxyl groups is 1. The predicted molar refractivity (Wildman–Crippen MR) is 229 cm³/mol. The molecular weight excluding hydrogens is 755 g/mol. The van der Waals surface area contributed by atoms with Crippen LogP contribution in [0.2, 0.25) is 16.6 Å². The first kappa shape index (κ1) is 42.2. The summed E-state index contributed by atoms with van der Waals surface area (Å²) in [4.78, 5) is 18.8. The van der Waals surface area contributed by atoms with Crippen LogP contribution >= 0.6 is 0 Å². The number of hydrogen-bond donors (Lipinski definition) is 2. The molecule has 7 rings (SSSR count). The van der Waals surface area contributed by atoms with Gasteiger partial charge in [-0.25, -0.2) is 8.78 Å². The first-order valence-corrected chi connectivity index (χ1v) is 23.2. The SMILES string of the molecule is COCOc1cc(-c2ncc3c(N4CCC[C@@](C)(O)C4)nc(OCC4(CN5CCNCC5)CC4)nc3c2F)c2c(C#C[Si](C(C)C)(C(C)C)C(C)C)c(F)ccc2c1. The van der Waals surface area contributed by atoms with E-state index >= 15 is 8.78 Å². The third-order valence-electron chi connectivity index (χ3n) is 12.8. The molecule has 0 unspecified atom stereocenters. The van der Waals surface area contributed by atoms with E-state index in [1.54, 1.807) is 24.4 Å². The molecule has 3 aliphatic rings. The van der Waals surface area contributed by atoms with Crippen molar-refractivity contribution < 1.29 is 28.1 Å². The van der Waals surface area contributed by atoms with Crippen molar-refractivity contribution in [3.8, 4) is 34.5 Å². The number of benzene rings is 2. The normalized spacial score (nSPS) is 19.9. The second-order valence-electron chi connectivity index (χ2n) is 18.0. The Bertz CT molecular complexity index is 2170. The number of methoxy groups -OCH3 is 1. The van der Waals surface area contributed by atoms with Gasteiger partial charge >= 0.3 is 6.01 Å². The van der Waals surface area contributed by atoms with Crippen LogP contribution in [0.5, 0.6) is 11.8 Å². The van der Waals surface area contributed by atoms with Gasteiger partial charge in [-0.2, -0.15) is 9.97 Å². The summed E-state index contributed by atoms with van der Waals surface area (Å²) in [6, 6.07) is 6.62. The lowest BCUT2D eigenvalue weighted by Crippen LogP contribution is -2.46. The fourth-order valence-corrected chi connectivity index (χ4v) is 14.7. The molecule has 13 heteroatoms. The summed E-state index contributed by atoms with van der Waals surface area (Å²) in [5.74, 6) is 3.03. The number of hydrogen-bond acceptors (Lipinski definition) is 10. The van der Waals surface area contributed by atoms with Crippen LogP contribution in [-0.4, -0.2) is 105 Å². The number of β-amino-alcohol motifs (C(OH)–C–C–N with tert-alkyl or cyclic N) is 1. The Labute approximate surface area is 343 Å². The third-order valence-corrected chi connectivity index (χ3v) is 19.1. The van der Waals surface area contributed by atoms with E-state index < -0.39 is 25.3 Å². The maximum absolute atomic E-state index is 17.6. The van der Waals surface area contributed by atoms with E-state index in [-0.39, 0.29) is 35.0 Å². The fraction of sp³-hybridized carbons (Fsp3) is 0.578. The maximum Gasteiger partial charge on any atom is 0.319 e. The highest BCUT2D eigenvalue weighted by Gasteiger charge is 2.45.